The molecule has 4 heteroatoms. The molecule has 0 saturated heterocycles. The van der Waals surface area contributed by atoms with Gasteiger partial charge in [0.05, 0.1) is 35.1 Å². The van der Waals surface area contributed by atoms with Gasteiger partial charge < -0.3 is 4.74 Å². The van der Waals surface area contributed by atoms with E-state index in [4.69, 9.17) is 9.73 Å². The van der Waals surface area contributed by atoms with Gasteiger partial charge in [0.1, 0.15) is 5.75 Å². The number of ether oxygens (including phenoxy) is 1. The highest BCUT2D eigenvalue weighted by Crippen LogP contribution is 2.20. The standard InChI is InChI=1S/C22H21NO2S/c1-17-8-14-21(15-9-17)26(24)16-22(18-6-4-3-5-7-18)23-19-10-12-20(25-2)13-11-19/h3-15H,16H2,1-2H3/t26-/m1/s1. The molecule has 0 amide bonds. The minimum absolute atomic E-state index is 0.360. The third-order valence-corrected chi connectivity index (χ3v) is 5.33. The Morgan fingerprint density at radius 3 is 2.19 bits per heavy atom. The van der Waals surface area contributed by atoms with E-state index in [1.807, 2.05) is 85.8 Å². The largest absolute Gasteiger partial charge is 0.497 e. The van der Waals surface area contributed by atoms with Gasteiger partial charge in [0, 0.05) is 4.90 Å². The van der Waals surface area contributed by atoms with Crippen molar-refractivity contribution in [3.63, 3.8) is 0 Å². The predicted octanol–water partition coefficient (Wildman–Crippen LogP) is 4.93. The molecule has 3 aromatic rings. The lowest BCUT2D eigenvalue weighted by atomic mass is 10.1. The van der Waals surface area contributed by atoms with E-state index in [-0.39, 0.29) is 0 Å². The molecule has 0 aliphatic heterocycles. The van der Waals surface area contributed by atoms with Crippen LogP contribution >= 0.6 is 0 Å². The fourth-order valence-electron chi connectivity index (χ4n) is 2.52. The second kappa shape index (κ2) is 8.59. The van der Waals surface area contributed by atoms with Crippen molar-refractivity contribution in [2.75, 3.05) is 12.9 Å². The first-order valence-corrected chi connectivity index (χ1v) is 9.69. The van der Waals surface area contributed by atoms with Crippen LogP contribution in [-0.4, -0.2) is 22.8 Å². The molecular formula is C22H21NO2S. The van der Waals surface area contributed by atoms with Crippen LogP contribution in [0.4, 0.5) is 5.69 Å². The highest BCUT2D eigenvalue weighted by atomic mass is 32.2. The molecule has 0 aliphatic rings. The van der Waals surface area contributed by atoms with Gasteiger partial charge in [-0.3, -0.25) is 9.20 Å². The van der Waals surface area contributed by atoms with Crippen LogP contribution in [0, 0.1) is 6.92 Å². The van der Waals surface area contributed by atoms with E-state index in [1.54, 1.807) is 7.11 Å². The summed E-state index contributed by atoms with van der Waals surface area (Å²) in [5.41, 5.74) is 3.74. The van der Waals surface area contributed by atoms with Crippen molar-refractivity contribution in [3.05, 3.63) is 90.0 Å². The van der Waals surface area contributed by atoms with E-state index in [9.17, 15) is 4.21 Å². The smallest absolute Gasteiger partial charge is 0.119 e. The molecule has 0 aliphatic carbocycles. The Hall–Kier alpha value is -2.72. The molecule has 132 valence electrons. The monoisotopic (exact) mass is 363 g/mol. The van der Waals surface area contributed by atoms with Crippen LogP contribution in [0.25, 0.3) is 0 Å². The molecule has 26 heavy (non-hydrogen) atoms. The van der Waals surface area contributed by atoms with Crippen molar-refractivity contribution in [1.29, 1.82) is 0 Å². The molecular weight excluding hydrogens is 342 g/mol. The highest BCUT2D eigenvalue weighted by molar-refractivity contribution is 7.85. The van der Waals surface area contributed by atoms with Gasteiger partial charge in [0.25, 0.3) is 0 Å². The van der Waals surface area contributed by atoms with Crippen LogP contribution in [0.15, 0.2) is 88.8 Å². The average Bonchev–Trinajstić information content (AvgIpc) is 2.69. The minimum atomic E-state index is -1.16. The Bertz CT molecular complexity index is 901. The number of aryl methyl sites for hydroxylation is 1. The third-order valence-electron chi connectivity index (χ3n) is 4.00. The molecule has 3 rings (SSSR count). The summed E-state index contributed by atoms with van der Waals surface area (Å²) in [6, 6.07) is 25.2. The van der Waals surface area contributed by atoms with Crippen molar-refractivity contribution in [1.82, 2.24) is 0 Å². The lowest BCUT2D eigenvalue weighted by Crippen LogP contribution is -2.12. The second-order valence-corrected chi connectivity index (χ2v) is 7.38. The summed E-state index contributed by atoms with van der Waals surface area (Å²) in [4.78, 5) is 5.57. The first kappa shape index (κ1) is 18.1. The molecule has 0 radical (unpaired) electrons. The number of rotatable bonds is 6. The van der Waals surface area contributed by atoms with Crippen LogP contribution in [-0.2, 0) is 10.8 Å². The van der Waals surface area contributed by atoms with Crippen molar-refractivity contribution < 1.29 is 8.95 Å². The van der Waals surface area contributed by atoms with Crippen molar-refractivity contribution in [3.8, 4) is 5.75 Å². The minimum Gasteiger partial charge on any atom is -0.497 e. The summed E-state index contributed by atoms with van der Waals surface area (Å²) in [7, 11) is 0.480. The predicted molar refractivity (Wildman–Crippen MR) is 108 cm³/mol. The maximum Gasteiger partial charge on any atom is 0.119 e. The van der Waals surface area contributed by atoms with Gasteiger partial charge in [0.15, 0.2) is 0 Å². The number of hydrogen-bond acceptors (Lipinski definition) is 3. The lowest BCUT2D eigenvalue weighted by Gasteiger charge is -2.08. The molecule has 0 heterocycles. The van der Waals surface area contributed by atoms with Crippen LogP contribution in [0.5, 0.6) is 5.75 Å². The maximum absolute atomic E-state index is 12.8. The molecule has 0 spiro atoms. The Morgan fingerprint density at radius 1 is 0.923 bits per heavy atom. The van der Waals surface area contributed by atoms with Gasteiger partial charge in [-0.25, -0.2) is 0 Å². The topological polar surface area (TPSA) is 38.7 Å². The zero-order chi connectivity index (χ0) is 18.4. The molecule has 0 saturated carbocycles. The van der Waals surface area contributed by atoms with Crippen LogP contribution in [0.3, 0.4) is 0 Å². The molecule has 0 fully saturated rings. The van der Waals surface area contributed by atoms with Crippen LogP contribution in [0.1, 0.15) is 11.1 Å². The fraction of sp³-hybridized carbons (Fsp3) is 0.136. The molecule has 0 aromatic heterocycles. The SMILES string of the molecule is COc1ccc(N=C(C[S@@](=O)c2ccc(C)cc2)c2ccccc2)cc1. The molecule has 0 N–H and O–H groups in total. The summed E-state index contributed by atoms with van der Waals surface area (Å²) in [5, 5.41) is 0. The number of aliphatic imine (C=N–C) groups is 1. The van der Waals surface area contributed by atoms with E-state index in [0.29, 0.717) is 5.75 Å². The van der Waals surface area contributed by atoms with Crippen molar-refractivity contribution in [2.45, 2.75) is 11.8 Å². The van der Waals surface area contributed by atoms with Gasteiger partial charge in [-0.1, -0.05) is 48.0 Å². The number of hydrogen-bond donors (Lipinski definition) is 0. The molecule has 0 unspecified atom stereocenters. The molecule has 3 aromatic carbocycles. The van der Waals surface area contributed by atoms with Gasteiger partial charge in [0.2, 0.25) is 0 Å². The second-order valence-electron chi connectivity index (χ2n) is 5.93. The molecule has 0 bridgehead atoms. The quantitative estimate of drug-likeness (QED) is 0.582. The normalized spacial score (nSPS) is 12.6. The summed E-state index contributed by atoms with van der Waals surface area (Å²) in [6.07, 6.45) is 0. The van der Waals surface area contributed by atoms with Gasteiger partial charge in [-0.15, -0.1) is 0 Å². The summed E-state index contributed by atoms with van der Waals surface area (Å²) < 4.78 is 18.0. The number of nitrogens with zero attached hydrogens (tertiary/aromatic N) is 1. The number of methoxy groups -OCH3 is 1. The van der Waals surface area contributed by atoms with E-state index in [1.165, 1.54) is 0 Å². The van der Waals surface area contributed by atoms with Gasteiger partial charge >= 0.3 is 0 Å². The third kappa shape index (κ3) is 4.67. The Morgan fingerprint density at radius 2 is 1.58 bits per heavy atom. The van der Waals surface area contributed by atoms with Crippen molar-refractivity contribution in [2.24, 2.45) is 4.99 Å². The van der Waals surface area contributed by atoms with E-state index in [2.05, 4.69) is 0 Å². The van der Waals surface area contributed by atoms with E-state index < -0.39 is 10.8 Å². The van der Waals surface area contributed by atoms with E-state index >= 15 is 0 Å². The Labute approximate surface area is 156 Å². The maximum atomic E-state index is 12.8. The van der Waals surface area contributed by atoms with Gasteiger partial charge in [-0.2, -0.15) is 0 Å². The highest BCUT2D eigenvalue weighted by Gasteiger charge is 2.11. The Balaban J connectivity index is 1.91. The zero-order valence-corrected chi connectivity index (χ0v) is 15.7. The zero-order valence-electron chi connectivity index (χ0n) is 14.9. The first-order valence-electron chi connectivity index (χ1n) is 8.38. The Kier molecular flexibility index (Phi) is 5.97. The fourth-order valence-corrected chi connectivity index (χ4v) is 3.61. The number of benzene rings is 3. The van der Waals surface area contributed by atoms with Crippen LogP contribution in [0.2, 0.25) is 0 Å². The molecule has 1 atom stereocenters. The van der Waals surface area contributed by atoms with E-state index in [0.717, 1.165) is 33.2 Å². The average molecular weight is 363 g/mol. The molecule has 3 nitrogen and oxygen atoms in total. The summed E-state index contributed by atoms with van der Waals surface area (Å²) >= 11 is 0. The lowest BCUT2D eigenvalue weighted by molar-refractivity contribution is 0.415. The van der Waals surface area contributed by atoms with Gasteiger partial charge in [-0.05, 0) is 48.9 Å². The summed E-state index contributed by atoms with van der Waals surface area (Å²) in [6.45, 7) is 2.02. The first-order chi connectivity index (χ1) is 12.7. The summed E-state index contributed by atoms with van der Waals surface area (Å²) in [5.74, 6) is 1.15. The van der Waals surface area contributed by atoms with Crippen molar-refractivity contribution >= 4 is 22.2 Å². The van der Waals surface area contributed by atoms with Crippen LogP contribution < -0.4 is 4.74 Å².